The van der Waals surface area contributed by atoms with Crippen molar-refractivity contribution in [2.75, 3.05) is 12.3 Å². The molecule has 2 fully saturated rings. The number of anilines is 1. The van der Waals surface area contributed by atoms with Gasteiger partial charge < -0.3 is 30.3 Å². The first-order valence-corrected chi connectivity index (χ1v) is 15.8. The lowest BCUT2D eigenvalue weighted by Gasteiger charge is -2.42. The van der Waals surface area contributed by atoms with E-state index >= 15 is 0 Å². The smallest absolute Gasteiger partial charge is 0.462 e. The van der Waals surface area contributed by atoms with Crippen LogP contribution in [-0.4, -0.2) is 83.2 Å². The number of fused-ring (bicyclic) bond motifs is 1. The number of hydrogen-bond acceptors (Lipinski definition) is 11. The number of aliphatic hydroxyl groups excluding tert-OH is 2. The van der Waals surface area contributed by atoms with Crippen LogP contribution < -0.4 is 10.3 Å². The molecule has 6 atom stereocenters. The summed E-state index contributed by atoms with van der Waals surface area (Å²) in [5.74, 6) is -2.98. The number of benzene rings is 1. The molecule has 2 aromatic heterocycles. The van der Waals surface area contributed by atoms with Crippen molar-refractivity contribution in [2.45, 2.75) is 74.8 Å². The molecule has 0 amide bonds. The molecule has 0 spiro atoms. The zero-order chi connectivity index (χ0) is 33.4. The van der Waals surface area contributed by atoms with E-state index in [1.807, 2.05) is 0 Å². The number of nitrogen functional groups attached to an aromatic ring is 1. The van der Waals surface area contributed by atoms with Gasteiger partial charge in [0.25, 0.3) is 0 Å². The van der Waals surface area contributed by atoms with E-state index < -0.39 is 68.4 Å². The normalized spacial score (nSPS) is 28.9. The minimum Gasteiger partial charge on any atom is -0.480 e. The molecule has 14 nitrogen and oxygen atoms in total. The Labute approximate surface area is 260 Å². The second kappa shape index (κ2) is 12.8. The van der Waals surface area contributed by atoms with Crippen LogP contribution in [0.2, 0.25) is 0 Å². The number of carbonyl (C=O) groups is 1. The van der Waals surface area contributed by atoms with Crippen molar-refractivity contribution in [2.24, 2.45) is 5.92 Å². The molecule has 1 saturated heterocycles. The molecule has 3 heterocycles. The number of hydrogen-bond donors (Lipinski definition) is 4. The Hall–Kier alpha value is -3.78. The Bertz CT molecular complexity index is 1650. The second-order valence-corrected chi connectivity index (χ2v) is 13.1. The van der Waals surface area contributed by atoms with Crippen LogP contribution in [0.3, 0.4) is 0 Å². The average molecular weight is 669 g/mol. The number of rotatable bonds is 10. The highest BCUT2D eigenvalue weighted by Crippen LogP contribution is 2.58. The third kappa shape index (κ3) is 6.28. The van der Waals surface area contributed by atoms with Crippen molar-refractivity contribution in [1.82, 2.24) is 19.3 Å². The first-order valence-electron chi connectivity index (χ1n) is 14.3. The topological polar surface area (TPSA) is 206 Å². The third-order valence-corrected chi connectivity index (χ3v) is 10.6. The first-order chi connectivity index (χ1) is 21.7. The van der Waals surface area contributed by atoms with Crippen LogP contribution in [-0.2, 0) is 18.6 Å². The number of nitrogens with two attached hydrogens (primary N) is 1. The van der Waals surface area contributed by atoms with Gasteiger partial charge in [-0.2, -0.15) is 28.2 Å². The molecule has 46 heavy (non-hydrogen) atoms. The maximum absolute atomic E-state index is 14.8. The monoisotopic (exact) mass is 668 g/mol. The van der Waals surface area contributed by atoms with Crippen LogP contribution in [0.5, 0.6) is 5.75 Å². The summed E-state index contributed by atoms with van der Waals surface area (Å²) >= 11 is 0. The van der Waals surface area contributed by atoms with Crippen molar-refractivity contribution in [1.29, 1.82) is 5.26 Å². The van der Waals surface area contributed by atoms with Gasteiger partial charge in [-0.15, -0.1) is 0 Å². The molecule has 2 aliphatic rings. The minimum absolute atomic E-state index is 0.0221. The fourth-order valence-corrected chi connectivity index (χ4v) is 8.09. The molecule has 3 aromatic rings. The minimum atomic E-state index is -4.87. The molecule has 5 rings (SSSR count). The summed E-state index contributed by atoms with van der Waals surface area (Å²) in [6.07, 6.45) is -9.38. The molecule has 1 aromatic carbocycles. The van der Waals surface area contributed by atoms with Gasteiger partial charge in [0.15, 0.2) is 5.82 Å². The fraction of sp³-hybridized carbons (Fsp3) is 0.500. The van der Waals surface area contributed by atoms with Gasteiger partial charge in [-0.25, -0.2) is 14.1 Å². The predicted molar refractivity (Wildman–Crippen MR) is 153 cm³/mol. The summed E-state index contributed by atoms with van der Waals surface area (Å²) < 4.78 is 74.8. The maximum atomic E-state index is 14.8. The van der Waals surface area contributed by atoms with Crippen molar-refractivity contribution in [3.8, 4) is 11.8 Å². The van der Waals surface area contributed by atoms with Gasteiger partial charge in [0, 0.05) is 6.04 Å². The lowest BCUT2D eigenvalue weighted by Crippen LogP contribution is -2.49. The van der Waals surface area contributed by atoms with Gasteiger partial charge in [0.1, 0.15) is 54.6 Å². The van der Waals surface area contributed by atoms with Gasteiger partial charge >= 0.3 is 19.9 Å². The molecule has 248 valence electrons. The second-order valence-electron chi connectivity index (χ2n) is 11.3. The van der Waals surface area contributed by atoms with E-state index in [0.29, 0.717) is 5.52 Å². The van der Waals surface area contributed by atoms with Gasteiger partial charge in [-0.1, -0.05) is 18.2 Å². The van der Waals surface area contributed by atoms with Crippen molar-refractivity contribution >= 4 is 25.1 Å². The third-order valence-electron chi connectivity index (χ3n) is 8.42. The van der Waals surface area contributed by atoms with E-state index in [1.165, 1.54) is 35.7 Å². The number of ether oxygens (including phenoxy) is 1. The van der Waals surface area contributed by atoms with Crippen LogP contribution in [0.1, 0.15) is 44.4 Å². The van der Waals surface area contributed by atoms with E-state index in [4.69, 9.17) is 19.5 Å². The molecule has 1 aliphatic heterocycles. The predicted octanol–water partition coefficient (Wildman–Crippen LogP) is 3.47. The molecule has 18 heteroatoms. The zero-order valence-electron chi connectivity index (χ0n) is 24.4. The summed E-state index contributed by atoms with van der Waals surface area (Å²) in [6.45, 7) is 0.193. The largest absolute Gasteiger partial charge is 0.480 e. The molecule has 1 saturated carbocycles. The van der Waals surface area contributed by atoms with Gasteiger partial charge in [-0.3, -0.25) is 9.32 Å². The number of nitrogens with zero attached hydrogens (tertiary/aromatic N) is 5. The Morgan fingerprint density at radius 1 is 1.24 bits per heavy atom. The number of aromatic nitrogens is 3. The number of alkyl halides is 3. The summed E-state index contributed by atoms with van der Waals surface area (Å²) in [7, 11) is -4.87. The van der Waals surface area contributed by atoms with Crippen LogP contribution in [0.25, 0.3) is 5.52 Å². The maximum Gasteiger partial charge on any atom is 0.462 e. The van der Waals surface area contributed by atoms with Crippen LogP contribution in [0.15, 0.2) is 48.8 Å². The lowest BCUT2D eigenvalue weighted by atomic mass is 9.85. The molecule has 0 radical (unpaired) electrons. The van der Waals surface area contributed by atoms with E-state index in [2.05, 4.69) is 10.1 Å². The van der Waals surface area contributed by atoms with Gasteiger partial charge in [0.05, 0.1) is 11.6 Å². The highest BCUT2D eigenvalue weighted by Gasteiger charge is 2.58. The Morgan fingerprint density at radius 3 is 2.52 bits per heavy atom. The molecule has 1 aliphatic carbocycles. The number of carboxylic acids is 1. The standard InChI is InChI=1S/C28H32F3N6O8P/c1-16(26(40)41)37(18-9-7-17(8-10-18)28(29,30)31)46(42,45-19-5-3-2-4-6-19)43-14-27(13-32)24(39)22(38)23(44-27)20-11-12-21-25(33)34-15-35-36(20)21/h2-6,11-12,15-18,22-24,38-39H,7-10,14H2,1H3,(H,40,41)(H2,33,34,35)/t16-,17-,18-,22-,23-,24-,27+,46+/m0/s1. The van der Waals surface area contributed by atoms with Crippen molar-refractivity contribution in [3.05, 3.63) is 54.5 Å². The Morgan fingerprint density at radius 2 is 1.91 bits per heavy atom. The zero-order valence-corrected chi connectivity index (χ0v) is 25.3. The SMILES string of the molecule is C[C@@H](C(=O)O)N([C@H]1CC[C@H](C(F)(F)F)CC1)[P@@](=O)(OC[C@@]1(C#N)O[C@@H](c2ccc3c(N)ncnn23)[C@H](O)[C@@H]1O)Oc1ccccc1. The first kappa shape index (κ1) is 33.6. The summed E-state index contributed by atoms with van der Waals surface area (Å²) in [5, 5.41) is 46.4. The summed E-state index contributed by atoms with van der Waals surface area (Å²) in [4.78, 5) is 16.1. The fourth-order valence-electron chi connectivity index (χ4n) is 5.92. The number of aliphatic carboxylic acids is 1. The molecule has 5 N–H and O–H groups in total. The van der Waals surface area contributed by atoms with E-state index in [0.717, 1.165) is 11.0 Å². The number of aliphatic hydroxyl groups is 2. The number of para-hydroxylation sites is 1. The van der Waals surface area contributed by atoms with Gasteiger partial charge in [0.2, 0.25) is 5.60 Å². The van der Waals surface area contributed by atoms with Crippen LogP contribution in [0.4, 0.5) is 19.0 Å². The average Bonchev–Trinajstić information content (AvgIpc) is 3.56. The Balaban J connectivity index is 1.48. The highest BCUT2D eigenvalue weighted by atomic mass is 31.2. The Kier molecular flexibility index (Phi) is 9.33. The highest BCUT2D eigenvalue weighted by molar-refractivity contribution is 7.51. The lowest BCUT2D eigenvalue weighted by molar-refractivity contribution is -0.184. The van der Waals surface area contributed by atoms with Crippen molar-refractivity contribution < 1.29 is 51.6 Å². The number of halogens is 3. The van der Waals surface area contributed by atoms with E-state index in [1.54, 1.807) is 24.3 Å². The summed E-state index contributed by atoms with van der Waals surface area (Å²) in [6, 6.07) is 9.78. The summed E-state index contributed by atoms with van der Waals surface area (Å²) in [5.41, 5.74) is 4.07. The number of carboxylic acid groups (broad SMARTS) is 1. The van der Waals surface area contributed by atoms with Crippen molar-refractivity contribution in [3.63, 3.8) is 0 Å². The quantitative estimate of drug-likeness (QED) is 0.229. The molecular formula is C28H32F3N6O8P. The molecular weight excluding hydrogens is 636 g/mol. The van der Waals surface area contributed by atoms with Crippen LogP contribution >= 0.6 is 7.75 Å². The van der Waals surface area contributed by atoms with Crippen LogP contribution in [0, 0.1) is 17.2 Å². The number of nitriles is 1. The van der Waals surface area contributed by atoms with Gasteiger partial charge in [-0.05, 0) is 56.9 Å². The van der Waals surface area contributed by atoms with E-state index in [-0.39, 0.29) is 42.9 Å². The van der Waals surface area contributed by atoms with E-state index in [9.17, 15) is 43.1 Å². The molecule has 0 bridgehead atoms. The molecule has 0 unspecified atom stereocenters.